The van der Waals surface area contributed by atoms with Crippen LogP contribution in [-0.4, -0.2) is 58.5 Å². The Kier molecular flexibility index (Phi) is 17.5. The Bertz CT molecular complexity index is 1070. The van der Waals surface area contributed by atoms with Gasteiger partial charge in [-0.1, -0.05) is 79.9 Å². The van der Waals surface area contributed by atoms with Gasteiger partial charge in [-0.2, -0.15) is 0 Å². The Morgan fingerprint density at radius 2 is 1.42 bits per heavy atom. The van der Waals surface area contributed by atoms with Crippen molar-refractivity contribution < 1.29 is 44.0 Å². The summed E-state index contributed by atoms with van der Waals surface area (Å²) < 4.78 is 9.03. The Morgan fingerprint density at radius 3 is 1.84 bits per heavy atom. The van der Waals surface area contributed by atoms with Crippen LogP contribution >= 0.6 is 0 Å². The number of hydrogen-bond acceptors (Lipinski definition) is 8. The zero-order chi connectivity index (χ0) is 28.9. The number of benzene rings is 2. The molecule has 0 aliphatic heterocycles. The van der Waals surface area contributed by atoms with E-state index in [-0.39, 0.29) is 25.0 Å². The molecule has 0 fully saturated rings. The third-order valence-electron chi connectivity index (χ3n) is 4.26. The SMILES string of the molecule is C=C(C)C(=O)OC(=O)CCC(=O)O.C=Cc1ccccc1.CC(=Cc1ccccc1)C(=O)OCC(O)CO. The van der Waals surface area contributed by atoms with Gasteiger partial charge in [0.15, 0.2) is 0 Å². The minimum absolute atomic E-state index is 0.101. The average Bonchev–Trinajstić information content (AvgIpc) is 2.91. The highest BCUT2D eigenvalue weighted by molar-refractivity contribution is 5.95. The smallest absolute Gasteiger partial charge is 0.340 e. The molecule has 204 valence electrons. The van der Waals surface area contributed by atoms with Crippen LogP contribution in [0.4, 0.5) is 0 Å². The van der Waals surface area contributed by atoms with E-state index in [1.807, 2.05) is 66.7 Å². The van der Waals surface area contributed by atoms with Crippen molar-refractivity contribution in [3.63, 3.8) is 0 Å². The number of aliphatic hydroxyl groups excluding tert-OH is 2. The lowest BCUT2D eigenvalue weighted by Gasteiger charge is -2.08. The van der Waals surface area contributed by atoms with Gasteiger partial charge >= 0.3 is 23.9 Å². The van der Waals surface area contributed by atoms with Crippen molar-refractivity contribution in [2.45, 2.75) is 32.8 Å². The molecule has 0 spiro atoms. The maximum absolute atomic E-state index is 11.5. The summed E-state index contributed by atoms with van der Waals surface area (Å²) in [5.74, 6) is -3.29. The van der Waals surface area contributed by atoms with Crippen LogP contribution in [0.1, 0.15) is 37.8 Å². The molecule has 0 aromatic heterocycles. The second-order valence-electron chi connectivity index (χ2n) is 7.72. The second-order valence-corrected chi connectivity index (χ2v) is 7.72. The van der Waals surface area contributed by atoms with Crippen molar-refractivity contribution in [1.29, 1.82) is 0 Å². The Morgan fingerprint density at radius 1 is 0.895 bits per heavy atom. The number of esters is 3. The van der Waals surface area contributed by atoms with E-state index >= 15 is 0 Å². The Hall–Kier alpha value is -4.34. The molecular formula is C29H34O9. The van der Waals surface area contributed by atoms with E-state index in [0.717, 1.165) is 5.56 Å². The van der Waals surface area contributed by atoms with Gasteiger partial charge in [0, 0.05) is 11.1 Å². The number of carbonyl (C=O) groups is 4. The number of ether oxygens (including phenoxy) is 2. The predicted molar refractivity (Wildman–Crippen MR) is 143 cm³/mol. The molecular weight excluding hydrogens is 492 g/mol. The summed E-state index contributed by atoms with van der Waals surface area (Å²) in [5, 5.41) is 25.8. The van der Waals surface area contributed by atoms with Crippen LogP contribution in [0.2, 0.25) is 0 Å². The second kappa shape index (κ2) is 19.8. The van der Waals surface area contributed by atoms with Crippen LogP contribution in [0.25, 0.3) is 12.2 Å². The number of rotatable bonds is 10. The molecule has 0 saturated heterocycles. The summed E-state index contributed by atoms with van der Waals surface area (Å²) in [6.45, 7) is 9.31. The lowest BCUT2D eigenvalue weighted by molar-refractivity contribution is -0.158. The van der Waals surface area contributed by atoms with Gasteiger partial charge < -0.3 is 24.8 Å². The van der Waals surface area contributed by atoms with Gasteiger partial charge in [-0.3, -0.25) is 9.59 Å². The number of carboxylic acid groups (broad SMARTS) is 1. The van der Waals surface area contributed by atoms with Crippen molar-refractivity contribution >= 4 is 36.0 Å². The first-order valence-corrected chi connectivity index (χ1v) is 11.5. The summed E-state index contributed by atoms with van der Waals surface area (Å²) in [5.41, 5.74) is 2.63. The first-order chi connectivity index (χ1) is 18.0. The molecule has 2 rings (SSSR count). The fourth-order valence-corrected chi connectivity index (χ4v) is 2.24. The highest BCUT2D eigenvalue weighted by Gasteiger charge is 2.12. The van der Waals surface area contributed by atoms with Crippen LogP contribution < -0.4 is 0 Å². The summed E-state index contributed by atoms with van der Waals surface area (Å²) >= 11 is 0. The molecule has 9 nitrogen and oxygen atoms in total. The monoisotopic (exact) mass is 526 g/mol. The van der Waals surface area contributed by atoms with Crippen molar-refractivity contribution in [2.24, 2.45) is 0 Å². The van der Waals surface area contributed by atoms with Crippen molar-refractivity contribution in [3.8, 4) is 0 Å². The number of aliphatic hydroxyl groups is 2. The van der Waals surface area contributed by atoms with Crippen LogP contribution in [0.3, 0.4) is 0 Å². The third-order valence-corrected chi connectivity index (χ3v) is 4.26. The molecule has 2 aromatic rings. The summed E-state index contributed by atoms with van der Waals surface area (Å²) in [6, 6.07) is 19.4. The highest BCUT2D eigenvalue weighted by atomic mass is 16.6. The Balaban J connectivity index is 0.000000576. The van der Waals surface area contributed by atoms with Gasteiger partial charge in [0.1, 0.15) is 12.7 Å². The third kappa shape index (κ3) is 17.1. The maximum Gasteiger partial charge on any atom is 0.340 e. The molecule has 1 unspecified atom stereocenters. The first kappa shape index (κ1) is 33.7. The largest absolute Gasteiger partial charge is 0.481 e. The van der Waals surface area contributed by atoms with Crippen LogP contribution in [0, 0.1) is 0 Å². The topological polar surface area (TPSA) is 147 Å². The van der Waals surface area contributed by atoms with E-state index in [1.165, 1.54) is 12.5 Å². The molecule has 9 heteroatoms. The molecule has 0 aliphatic carbocycles. The van der Waals surface area contributed by atoms with Gasteiger partial charge in [-0.05, 0) is 31.1 Å². The zero-order valence-electron chi connectivity index (χ0n) is 21.5. The molecule has 0 saturated carbocycles. The van der Waals surface area contributed by atoms with Crippen LogP contribution in [-0.2, 0) is 28.7 Å². The van der Waals surface area contributed by atoms with Crippen molar-refractivity contribution in [1.82, 2.24) is 0 Å². The number of hydrogen-bond donors (Lipinski definition) is 3. The lowest BCUT2D eigenvalue weighted by atomic mass is 10.1. The summed E-state index contributed by atoms with van der Waals surface area (Å²) in [7, 11) is 0. The molecule has 0 radical (unpaired) electrons. The van der Waals surface area contributed by atoms with E-state index in [2.05, 4.69) is 17.9 Å². The van der Waals surface area contributed by atoms with E-state index in [1.54, 1.807) is 13.0 Å². The minimum Gasteiger partial charge on any atom is -0.481 e. The lowest BCUT2D eigenvalue weighted by Crippen LogP contribution is -2.22. The summed E-state index contributed by atoms with van der Waals surface area (Å²) in [6.07, 6.45) is 1.85. The number of carbonyl (C=O) groups excluding carboxylic acids is 3. The van der Waals surface area contributed by atoms with E-state index in [9.17, 15) is 19.2 Å². The van der Waals surface area contributed by atoms with Crippen molar-refractivity contribution in [2.75, 3.05) is 13.2 Å². The number of aliphatic carboxylic acids is 1. The average molecular weight is 527 g/mol. The molecule has 0 amide bonds. The van der Waals surface area contributed by atoms with Crippen LogP contribution in [0.5, 0.6) is 0 Å². The van der Waals surface area contributed by atoms with Gasteiger partial charge in [-0.25, -0.2) is 9.59 Å². The summed E-state index contributed by atoms with van der Waals surface area (Å²) in [4.78, 5) is 42.9. The first-order valence-electron chi connectivity index (χ1n) is 11.5. The minimum atomic E-state index is -1.11. The molecule has 3 N–H and O–H groups in total. The van der Waals surface area contributed by atoms with E-state index < -0.39 is 36.6 Å². The molecule has 0 heterocycles. The normalized spacial score (nSPS) is 10.8. The maximum atomic E-state index is 11.5. The van der Waals surface area contributed by atoms with Gasteiger partial charge in [0.05, 0.1) is 19.4 Å². The predicted octanol–water partition coefficient (Wildman–Crippen LogP) is 3.81. The van der Waals surface area contributed by atoms with E-state index in [0.29, 0.717) is 5.57 Å². The Labute approximate surface area is 222 Å². The van der Waals surface area contributed by atoms with Gasteiger partial charge in [0.2, 0.25) is 0 Å². The standard InChI is InChI=1S/C13H16O4.C8H10O5.C8H8/c1-10(7-11-5-3-2-4-6-11)13(16)17-9-12(15)8-14;1-5(2)8(12)13-7(11)4-3-6(9)10;1-2-8-6-4-3-5-7-8/h2-7,12,14-15H,8-9H2,1H3;1,3-4H2,2H3,(H,9,10);2-7H,1H2. The van der Waals surface area contributed by atoms with Gasteiger partial charge in [-0.15, -0.1) is 0 Å². The quantitative estimate of drug-likeness (QED) is 0.239. The number of carboxylic acids is 1. The van der Waals surface area contributed by atoms with E-state index in [4.69, 9.17) is 20.1 Å². The zero-order valence-corrected chi connectivity index (χ0v) is 21.5. The van der Waals surface area contributed by atoms with Crippen LogP contribution in [0.15, 0.2) is 85.0 Å². The van der Waals surface area contributed by atoms with Gasteiger partial charge in [0.25, 0.3) is 0 Å². The molecule has 2 aromatic carbocycles. The fourth-order valence-electron chi connectivity index (χ4n) is 2.24. The molecule has 0 bridgehead atoms. The fraction of sp³-hybridized carbons (Fsp3) is 0.241. The van der Waals surface area contributed by atoms with Crippen molar-refractivity contribution in [3.05, 3.63) is 96.1 Å². The highest BCUT2D eigenvalue weighted by Crippen LogP contribution is 2.07. The molecule has 0 aliphatic rings. The molecule has 1 atom stereocenters. The molecule has 38 heavy (non-hydrogen) atoms.